The highest BCUT2D eigenvalue weighted by Crippen LogP contribution is 2.43. The molecule has 2 aromatic carbocycles. The number of nitrogens with zero attached hydrogens (tertiary/aromatic N) is 5. The maximum atomic E-state index is 12.9. The molecule has 3 aromatic heterocycles. The lowest BCUT2D eigenvalue weighted by Crippen LogP contribution is -2.51. The summed E-state index contributed by atoms with van der Waals surface area (Å²) in [4.78, 5) is 31.1. The number of aryl methyl sites for hydroxylation is 1. The molecule has 0 spiro atoms. The molecule has 0 radical (unpaired) electrons. The third-order valence-corrected chi connectivity index (χ3v) is 10.8. The zero-order valence-electron chi connectivity index (χ0n) is 27.8. The highest BCUT2D eigenvalue weighted by Gasteiger charge is 2.44. The summed E-state index contributed by atoms with van der Waals surface area (Å²) in [5, 5.41) is 23.5. The van der Waals surface area contributed by atoms with Crippen molar-refractivity contribution in [1.82, 2.24) is 24.4 Å². The van der Waals surface area contributed by atoms with E-state index in [0.717, 1.165) is 84.8 Å². The Bertz CT molecular complexity index is 2100. The number of aromatic amines is 1. The number of anilines is 1. The molecular weight excluding hydrogens is 616 g/mol. The molecule has 0 bridgehead atoms. The largest absolute Gasteiger partial charge is 0.393 e. The molecule has 49 heavy (non-hydrogen) atoms. The van der Waals surface area contributed by atoms with Crippen molar-refractivity contribution in [3.8, 4) is 23.5 Å². The number of ether oxygens (including phenoxy) is 1. The summed E-state index contributed by atoms with van der Waals surface area (Å²) in [5.41, 5.74) is 2.34. The van der Waals surface area contributed by atoms with Gasteiger partial charge < -0.3 is 29.4 Å². The number of piperidine rings is 2. The first-order valence-electron chi connectivity index (χ1n) is 17.3. The molecule has 1 unspecified atom stereocenters. The molecule has 5 heterocycles. The predicted molar refractivity (Wildman–Crippen MR) is 190 cm³/mol. The minimum absolute atomic E-state index is 0.0274. The van der Waals surface area contributed by atoms with E-state index in [0.29, 0.717) is 36.0 Å². The van der Waals surface area contributed by atoms with Gasteiger partial charge in [-0.15, -0.1) is 6.42 Å². The summed E-state index contributed by atoms with van der Waals surface area (Å²) in [6, 6.07) is 18.4. The summed E-state index contributed by atoms with van der Waals surface area (Å²) in [6.45, 7) is 2.88. The fourth-order valence-corrected chi connectivity index (χ4v) is 7.71. The lowest BCUT2D eigenvalue weighted by atomic mass is 9.87. The van der Waals surface area contributed by atoms with Crippen molar-refractivity contribution >= 4 is 27.8 Å². The SMILES string of the molecule is C#CC1(O)CCN(C2CCN(c3nc(C(CO)(OC4CC4)c4ccccc4)c4cc(-c5cn(C)c(=O)c6[nH]ccc56)ccc4n3)CC2)CC1. The maximum Gasteiger partial charge on any atom is 0.274 e. The molecule has 1 atom stereocenters. The minimum atomic E-state index is -1.20. The Morgan fingerprint density at radius 2 is 1.78 bits per heavy atom. The average Bonchev–Trinajstić information content (AvgIpc) is 3.83. The minimum Gasteiger partial charge on any atom is -0.393 e. The normalized spacial score (nSPS) is 20.0. The van der Waals surface area contributed by atoms with Crippen LogP contribution in [0.25, 0.3) is 32.9 Å². The van der Waals surface area contributed by atoms with Crippen LogP contribution in [0.15, 0.2) is 71.8 Å². The number of aliphatic hydroxyl groups excluding tert-OH is 1. The molecule has 10 nitrogen and oxygen atoms in total. The average molecular weight is 659 g/mol. The van der Waals surface area contributed by atoms with E-state index < -0.39 is 11.2 Å². The van der Waals surface area contributed by atoms with Gasteiger partial charge in [0.1, 0.15) is 11.1 Å². The Morgan fingerprint density at radius 1 is 1.02 bits per heavy atom. The van der Waals surface area contributed by atoms with E-state index in [-0.39, 0.29) is 18.3 Å². The molecule has 0 amide bonds. The quantitative estimate of drug-likeness (QED) is 0.211. The fourth-order valence-electron chi connectivity index (χ4n) is 7.71. The summed E-state index contributed by atoms with van der Waals surface area (Å²) < 4.78 is 8.43. The van der Waals surface area contributed by atoms with E-state index in [1.165, 1.54) is 0 Å². The number of hydrogen-bond donors (Lipinski definition) is 3. The Morgan fingerprint density at radius 3 is 2.47 bits per heavy atom. The van der Waals surface area contributed by atoms with Gasteiger partial charge in [0.15, 0.2) is 5.60 Å². The van der Waals surface area contributed by atoms with Gasteiger partial charge in [-0.3, -0.25) is 9.69 Å². The number of aliphatic hydroxyl groups is 2. The van der Waals surface area contributed by atoms with Crippen molar-refractivity contribution in [2.24, 2.45) is 7.05 Å². The van der Waals surface area contributed by atoms with Crippen molar-refractivity contribution in [2.75, 3.05) is 37.7 Å². The van der Waals surface area contributed by atoms with Gasteiger partial charge >= 0.3 is 0 Å². The van der Waals surface area contributed by atoms with Crippen LogP contribution in [0.1, 0.15) is 49.8 Å². The Hall–Kier alpha value is -4.53. The van der Waals surface area contributed by atoms with Crippen LogP contribution in [0.3, 0.4) is 0 Å². The fraction of sp³-hybridized carbons (Fsp3) is 0.410. The number of pyridine rings is 1. The van der Waals surface area contributed by atoms with Crippen LogP contribution in [0.4, 0.5) is 5.95 Å². The second-order valence-electron chi connectivity index (χ2n) is 13.9. The van der Waals surface area contributed by atoms with Crippen molar-refractivity contribution in [1.29, 1.82) is 0 Å². The number of fused-ring (bicyclic) bond motifs is 2. The number of rotatable bonds is 8. The molecule has 3 N–H and O–H groups in total. The number of benzene rings is 2. The Labute approximate surface area is 285 Å². The van der Waals surface area contributed by atoms with E-state index in [1.54, 1.807) is 17.8 Å². The third-order valence-electron chi connectivity index (χ3n) is 10.8. The molecule has 1 saturated carbocycles. The van der Waals surface area contributed by atoms with Crippen LogP contribution in [0, 0.1) is 12.3 Å². The van der Waals surface area contributed by atoms with E-state index in [9.17, 15) is 15.0 Å². The predicted octanol–water partition coefficient (Wildman–Crippen LogP) is 4.32. The topological polar surface area (TPSA) is 120 Å². The third kappa shape index (κ3) is 5.71. The van der Waals surface area contributed by atoms with Crippen LogP contribution in [0.5, 0.6) is 0 Å². The number of hydrogen-bond acceptors (Lipinski definition) is 8. The maximum absolute atomic E-state index is 12.9. The molecule has 2 aliphatic heterocycles. The second kappa shape index (κ2) is 12.4. The van der Waals surface area contributed by atoms with Crippen molar-refractivity contribution in [3.05, 3.63) is 88.6 Å². The van der Waals surface area contributed by atoms with Gasteiger partial charge in [0.2, 0.25) is 5.95 Å². The molecule has 3 fully saturated rings. The molecule has 2 saturated heterocycles. The lowest BCUT2D eigenvalue weighted by Gasteiger charge is -2.43. The summed E-state index contributed by atoms with van der Waals surface area (Å²) >= 11 is 0. The van der Waals surface area contributed by atoms with Gasteiger partial charge in [-0.2, -0.15) is 0 Å². The second-order valence-corrected chi connectivity index (χ2v) is 13.9. The van der Waals surface area contributed by atoms with E-state index >= 15 is 0 Å². The van der Waals surface area contributed by atoms with Crippen LogP contribution in [0.2, 0.25) is 0 Å². The van der Waals surface area contributed by atoms with Crippen molar-refractivity contribution in [2.45, 2.75) is 61.9 Å². The van der Waals surface area contributed by atoms with Crippen LogP contribution < -0.4 is 10.5 Å². The number of aromatic nitrogens is 4. The highest BCUT2D eigenvalue weighted by molar-refractivity contribution is 5.97. The van der Waals surface area contributed by atoms with E-state index in [2.05, 4.69) is 26.8 Å². The van der Waals surface area contributed by atoms with Crippen LogP contribution in [-0.4, -0.2) is 85.2 Å². The number of likely N-dealkylation sites (tertiary alicyclic amines) is 1. The van der Waals surface area contributed by atoms with Crippen LogP contribution >= 0.6 is 0 Å². The van der Waals surface area contributed by atoms with Gasteiger partial charge in [-0.25, -0.2) is 9.97 Å². The van der Waals surface area contributed by atoms with Crippen molar-refractivity contribution in [3.63, 3.8) is 0 Å². The number of H-pyrrole nitrogens is 1. The lowest BCUT2D eigenvalue weighted by molar-refractivity contribution is -0.0672. The van der Waals surface area contributed by atoms with Gasteiger partial charge in [0.05, 0.1) is 23.9 Å². The number of nitrogens with one attached hydrogen (secondary N) is 1. The summed E-state index contributed by atoms with van der Waals surface area (Å²) in [6.07, 6.45) is 14.2. The molecule has 10 heteroatoms. The first-order valence-corrected chi connectivity index (χ1v) is 17.3. The van der Waals surface area contributed by atoms with Gasteiger partial charge in [0, 0.05) is 80.8 Å². The molecule has 5 aromatic rings. The zero-order chi connectivity index (χ0) is 33.8. The highest BCUT2D eigenvalue weighted by atomic mass is 16.5. The molecule has 1 aliphatic carbocycles. The smallest absolute Gasteiger partial charge is 0.274 e. The first-order chi connectivity index (χ1) is 23.8. The Kier molecular flexibility index (Phi) is 8.04. The van der Waals surface area contributed by atoms with E-state index in [4.69, 9.17) is 21.1 Å². The standard InChI is InChI=1S/C39H42N6O4/c1-3-38(48)16-21-44(22-17-38)28-14-19-45(20-15-28)37-41-33-12-9-26(32-24-43(2)36(47)34-30(32)13-18-40-34)23-31(33)35(42-37)39(25-46,49-29-10-11-29)27-7-5-4-6-8-27/h1,4-9,12-13,18,23-24,28-29,40,46,48H,10-11,14-17,19-22,25H2,2H3. The molecule has 252 valence electrons. The number of terminal acetylenes is 1. The van der Waals surface area contributed by atoms with E-state index in [1.807, 2.05) is 54.7 Å². The van der Waals surface area contributed by atoms with Gasteiger partial charge in [0.25, 0.3) is 5.56 Å². The van der Waals surface area contributed by atoms with Gasteiger partial charge in [-0.05, 0) is 55.0 Å². The molecule has 3 aliphatic rings. The summed E-state index contributed by atoms with van der Waals surface area (Å²) in [7, 11) is 1.76. The monoisotopic (exact) mass is 658 g/mol. The zero-order valence-corrected chi connectivity index (χ0v) is 27.8. The van der Waals surface area contributed by atoms with Crippen LogP contribution in [-0.2, 0) is 17.4 Å². The van der Waals surface area contributed by atoms with Crippen molar-refractivity contribution < 1.29 is 14.9 Å². The summed E-state index contributed by atoms with van der Waals surface area (Å²) in [5.74, 6) is 3.20. The molecular formula is C39H42N6O4. The first kappa shape index (κ1) is 31.7. The molecule has 8 rings (SSSR count). The Balaban J connectivity index is 1.22. The van der Waals surface area contributed by atoms with Gasteiger partial charge in [-0.1, -0.05) is 42.3 Å².